The van der Waals surface area contributed by atoms with E-state index in [-0.39, 0.29) is 0 Å². The summed E-state index contributed by atoms with van der Waals surface area (Å²) in [5.41, 5.74) is 1.89. The first-order valence-corrected chi connectivity index (χ1v) is 6.61. The zero-order valence-corrected chi connectivity index (χ0v) is 11.3. The minimum absolute atomic E-state index is 0.553. The maximum Gasteiger partial charge on any atom is 0.194 e. The summed E-state index contributed by atoms with van der Waals surface area (Å²) in [4.78, 5) is 6.79. The molecule has 17 heavy (non-hydrogen) atoms. The monoisotopic (exact) mass is 282 g/mol. The van der Waals surface area contributed by atoms with Gasteiger partial charge in [0.2, 0.25) is 0 Å². The molecule has 0 radical (unpaired) electrons. The van der Waals surface area contributed by atoms with Gasteiger partial charge in [0.1, 0.15) is 0 Å². The van der Waals surface area contributed by atoms with E-state index >= 15 is 0 Å². The highest BCUT2D eigenvalue weighted by Gasteiger charge is 2.08. The van der Waals surface area contributed by atoms with E-state index in [2.05, 4.69) is 18.1 Å². The molecule has 0 aliphatic heterocycles. The second-order valence-corrected chi connectivity index (χ2v) is 5.81. The largest absolute Gasteiger partial charge is 0.297 e. The molecule has 0 saturated carbocycles. The van der Waals surface area contributed by atoms with Crippen LogP contribution in [-0.4, -0.2) is 9.38 Å². The second kappa shape index (κ2) is 4.02. The Kier molecular flexibility index (Phi) is 2.62. The molecule has 2 heterocycles. The Morgan fingerprint density at radius 2 is 2.00 bits per heavy atom. The van der Waals surface area contributed by atoms with E-state index in [0.29, 0.717) is 10.0 Å². The van der Waals surface area contributed by atoms with E-state index in [1.807, 2.05) is 22.7 Å². The van der Waals surface area contributed by atoms with Crippen molar-refractivity contribution in [2.45, 2.75) is 6.92 Å². The van der Waals surface area contributed by atoms with Crippen LogP contribution in [0.4, 0.5) is 0 Å². The summed E-state index contributed by atoms with van der Waals surface area (Å²) in [7, 11) is 0. The predicted octanol–water partition coefficient (Wildman–Crippen LogP) is 4.68. The average molecular weight is 283 g/mol. The number of aryl methyl sites for hydroxylation is 1. The highest BCUT2D eigenvalue weighted by Crippen LogP contribution is 2.29. The minimum atomic E-state index is 0.553. The molecule has 1 aromatic carbocycles. The molecular weight excluding hydrogens is 275 g/mol. The number of thiazole rings is 1. The molecular formula is C12H8Cl2N2S. The highest BCUT2D eigenvalue weighted by atomic mass is 35.5. The predicted molar refractivity (Wildman–Crippen MR) is 73.3 cm³/mol. The maximum absolute atomic E-state index is 6.00. The summed E-state index contributed by atoms with van der Waals surface area (Å²) < 4.78 is 2.03. The smallest absolute Gasteiger partial charge is 0.194 e. The van der Waals surface area contributed by atoms with E-state index in [4.69, 9.17) is 23.2 Å². The molecule has 0 atom stereocenters. The summed E-state index contributed by atoms with van der Waals surface area (Å²) in [6.07, 6.45) is 4.06. The first kappa shape index (κ1) is 11.1. The van der Waals surface area contributed by atoms with Crippen LogP contribution in [0.1, 0.15) is 4.88 Å². The van der Waals surface area contributed by atoms with Crippen molar-refractivity contribution in [1.82, 2.24) is 9.38 Å². The number of benzene rings is 1. The molecule has 86 valence electrons. The lowest BCUT2D eigenvalue weighted by molar-refractivity contribution is 1.22. The van der Waals surface area contributed by atoms with Crippen LogP contribution in [-0.2, 0) is 0 Å². The molecule has 2 aromatic heterocycles. The van der Waals surface area contributed by atoms with Crippen molar-refractivity contribution >= 4 is 39.5 Å². The van der Waals surface area contributed by atoms with Gasteiger partial charge >= 0.3 is 0 Å². The van der Waals surface area contributed by atoms with Gasteiger partial charge in [-0.3, -0.25) is 4.40 Å². The fourth-order valence-corrected chi connectivity index (χ4v) is 2.81. The van der Waals surface area contributed by atoms with Crippen molar-refractivity contribution in [3.8, 4) is 11.3 Å². The molecule has 0 bridgehead atoms. The topological polar surface area (TPSA) is 17.3 Å². The number of imidazole rings is 1. The summed E-state index contributed by atoms with van der Waals surface area (Å²) in [5.74, 6) is 0. The van der Waals surface area contributed by atoms with E-state index in [9.17, 15) is 0 Å². The fraction of sp³-hybridized carbons (Fsp3) is 0.0833. The van der Waals surface area contributed by atoms with Gasteiger partial charge < -0.3 is 0 Å². The molecule has 0 fully saturated rings. The van der Waals surface area contributed by atoms with Crippen molar-refractivity contribution in [2.24, 2.45) is 0 Å². The molecule has 0 spiro atoms. The Bertz CT molecular complexity index is 668. The first-order valence-electron chi connectivity index (χ1n) is 5.04. The first-order chi connectivity index (χ1) is 8.13. The molecule has 5 heteroatoms. The van der Waals surface area contributed by atoms with Crippen LogP contribution in [0.3, 0.4) is 0 Å². The number of nitrogens with zero attached hydrogens (tertiary/aromatic N) is 2. The van der Waals surface area contributed by atoms with Gasteiger partial charge in [-0.25, -0.2) is 4.98 Å². The van der Waals surface area contributed by atoms with Crippen LogP contribution < -0.4 is 0 Å². The lowest BCUT2D eigenvalue weighted by Crippen LogP contribution is -1.78. The van der Waals surface area contributed by atoms with Gasteiger partial charge in [-0.2, -0.15) is 0 Å². The third kappa shape index (κ3) is 1.95. The average Bonchev–Trinajstić information content (AvgIpc) is 2.79. The van der Waals surface area contributed by atoms with Crippen LogP contribution in [0, 0.1) is 6.92 Å². The molecule has 0 amide bonds. The van der Waals surface area contributed by atoms with E-state index in [1.54, 1.807) is 17.4 Å². The quantitative estimate of drug-likeness (QED) is 0.634. The van der Waals surface area contributed by atoms with E-state index in [0.717, 1.165) is 16.2 Å². The fourth-order valence-electron chi connectivity index (χ4n) is 1.71. The highest BCUT2D eigenvalue weighted by molar-refractivity contribution is 7.17. The number of halogens is 2. The Morgan fingerprint density at radius 3 is 2.71 bits per heavy atom. The van der Waals surface area contributed by atoms with Gasteiger partial charge in [0.25, 0.3) is 0 Å². The number of rotatable bonds is 1. The zero-order chi connectivity index (χ0) is 12.0. The molecule has 2 nitrogen and oxygen atoms in total. The number of aromatic nitrogens is 2. The Morgan fingerprint density at radius 1 is 1.18 bits per heavy atom. The lowest BCUT2D eigenvalue weighted by Gasteiger charge is -1.98. The van der Waals surface area contributed by atoms with Gasteiger partial charge in [-0.05, 0) is 19.1 Å². The van der Waals surface area contributed by atoms with Gasteiger partial charge in [-0.1, -0.05) is 29.3 Å². The van der Waals surface area contributed by atoms with Gasteiger partial charge in [0.15, 0.2) is 4.96 Å². The Labute approximate surface area is 112 Å². The van der Waals surface area contributed by atoms with Crippen molar-refractivity contribution in [2.75, 3.05) is 0 Å². The minimum Gasteiger partial charge on any atom is -0.297 e. The molecule has 0 aliphatic carbocycles. The van der Waals surface area contributed by atoms with E-state index < -0.39 is 0 Å². The summed E-state index contributed by atoms with van der Waals surface area (Å²) >= 11 is 13.6. The van der Waals surface area contributed by atoms with Crippen molar-refractivity contribution in [3.63, 3.8) is 0 Å². The second-order valence-electron chi connectivity index (χ2n) is 3.79. The van der Waals surface area contributed by atoms with Crippen LogP contribution in [0.15, 0.2) is 30.6 Å². The molecule has 3 aromatic rings. The van der Waals surface area contributed by atoms with Crippen molar-refractivity contribution in [3.05, 3.63) is 45.5 Å². The third-order valence-corrected chi connectivity index (χ3v) is 4.14. The molecule has 0 aliphatic rings. The zero-order valence-electron chi connectivity index (χ0n) is 8.95. The summed E-state index contributed by atoms with van der Waals surface area (Å²) in [6.45, 7) is 2.07. The molecule has 3 rings (SSSR count). The normalized spacial score (nSPS) is 11.2. The van der Waals surface area contributed by atoms with Gasteiger partial charge in [0.05, 0.1) is 15.7 Å². The maximum atomic E-state index is 6.00. The Hall–Kier alpha value is -1.03. The Balaban J connectivity index is 2.13. The summed E-state index contributed by atoms with van der Waals surface area (Å²) in [6, 6.07) is 5.55. The van der Waals surface area contributed by atoms with Crippen molar-refractivity contribution < 1.29 is 0 Å². The lowest BCUT2D eigenvalue weighted by atomic mass is 10.2. The third-order valence-electron chi connectivity index (χ3n) is 2.49. The van der Waals surface area contributed by atoms with Gasteiger partial charge in [-0.15, -0.1) is 11.3 Å². The van der Waals surface area contributed by atoms with Crippen molar-refractivity contribution in [1.29, 1.82) is 0 Å². The van der Waals surface area contributed by atoms with Crippen LogP contribution >= 0.6 is 34.5 Å². The molecule has 0 saturated heterocycles. The number of hydrogen-bond acceptors (Lipinski definition) is 2. The SMILES string of the molecule is Cc1cn2cc(-c3ccc(Cl)c(Cl)c3)nc2s1. The summed E-state index contributed by atoms with van der Waals surface area (Å²) in [5, 5.41) is 1.11. The number of hydrogen-bond donors (Lipinski definition) is 0. The van der Waals surface area contributed by atoms with Crippen LogP contribution in [0.25, 0.3) is 16.2 Å². The number of fused-ring (bicyclic) bond motifs is 1. The van der Waals surface area contributed by atoms with Gasteiger partial charge in [0, 0.05) is 22.8 Å². The van der Waals surface area contributed by atoms with Crippen LogP contribution in [0.2, 0.25) is 10.0 Å². The molecule has 0 unspecified atom stereocenters. The molecule has 0 N–H and O–H groups in total. The van der Waals surface area contributed by atoms with Crippen LogP contribution in [0.5, 0.6) is 0 Å². The standard InChI is InChI=1S/C12H8Cl2N2S/c1-7-5-16-6-11(15-12(16)17-7)8-2-3-9(13)10(14)4-8/h2-6H,1H3. The van der Waals surface area contributed by atoms with E-state index in [1.165, 1.54) is 4.88 Å².